The summed E-state index contributed by atoms with van der Waals surface area (Å²) in [5.41, 5.74) is 2.18. The molecule has 148 valence electrons. The normalized spacial score (nSPS) is 13.8. The van der Waals surface area contributed by atoms with Crippen molar-refractivity contribution in [1.82, 2.24) is 9.97 Å². The summed E-state index contributed by atoms with van der Waals surface area (Å²) in [5.74, 6) is 1.20. The number of aromatic nitrogens is 2. The van der Waals surface area contributed by atoms with Crippen molar-refractivity contribution >= 4 is 23.2 Å². The molecular weight excluding hydrogens is 366 g/mol. The third-order valence-electron chi connectivity index (χ3n) is 4.90. The quantitative estimate of drug-likeness (QED) is 0.723. The summed E-state index contributed by atoms with van der Waals surface area (Å²) in [7, 11) is 1.69. The minimum atomic E-state index is -0.243. The van der Waals surface area contributed by atoms with Crippen molar-refractivity contribution < 1.29 is 9.53 Å². The van der Waals surface area contributed by atoms with Crippen LogP contribution in [-0.2, 0) is 0 Å². The van der Waals surface area contributed by atoms with Gasteiger partial charge in [-0.3, -0.25) is 4.79 Å². The van der Waals surface area contributed by atoms with Crippen LogP contribution in [0.3, 0.4) is 0 Å². The zero-order chi connectivity index (χ0) is 20.1. The minimum Gasteiger partial charge on any atom is -0.495 e. The van der Waals surface area contributed by atoms with Gasteiger partial charge in [0.15, 0.2) is 0 Å². The fraction of sp³-hybridized carbons (Fsp3) is 0.227. The Balaban J connectivity index is 1.42. The molecule has 2 aromatic carbocycles. The first-order valence-corrected chi connectivity index (χ1v) is 9.57. The number of nitrogens with one attached hydrogen (secondary N) is 1. The molecule has 7 heteroatoms. The molecule has 4 rings (SSSR count). The largest absolute Gasteiger partial charge is 0.495 e. The van der Waals surface area contributed by atoms with Crippen molar-refractivity contribution in [3.63, 3.8) is 0 Å². The van der Waals surface area contributed by atoms with Crippen LogP contribution in [0.2, 0.25) is 0 Å². The number of methoxy groups -OCH3 is 1. The topological polar surface area (TPSA) is 70.6 Å². The Hall–Kier alpha value is -3.61. The number of nitrogens with zero attached hydrogens (tertiary/aromatic N) is 4. The lowest BCUT2D eigenvalue weighted by Gasteiger charge is -2.36. The second kappa shape index (κ2) is 8.60. The van der Waals surface area contributed by atoms with Crippen molar-refractivity contribution in [2.45, 2.75) is 0 Å². The smallest absolute Gasteiger partial charge is 0.274 e. The van der Waals surface area contributed by atoms with E-state index in [1.165, 1.54) is 0 Å². The molecule has 1 aliphatic heterocycles. The molecule has 0 aliphatic carbocycles. The van der Waals surface area contributed by atoms with Gasteiger partial charge in [0.25, 0.3) is 5.91 Å². The van der Waals surface area contributed by atoms with E-state index in [0.29, 0.717) is 11.6 Å². The maximum atomic E-state index is 12.5. The van der Waals surface area contributed by atoms with E-state index in [1.54, 1.807) is 19.4 Å². The molecule has 1 aliphatic rings. The van der Waals surface area contributed by atoms with Crippen molar-refractivity contribution in [2.75, 3.05) is 48.4 Å². The van der Waals surface area contributed by atoms with Gasteiger partial charge in [-0.25, -0.2) is 9.97 Å². The van der Waals surface area contributed by atoms with E-state index in [9.17, 15) is 4.79 Å². The standard InChI is InChI=1S/C22H23N5O2/c1-29-20-10-6-5-9-19(20)26-13-15-27(16-14-26)22-23-12-11-18(25-22)21(28)24-17-7-3-2-4-8-17/h2-12H,13-16H2,1H3,(H,24,28). The lowest BCUT2D eigenvalue weighted by Crippen LogP contribution is -2.47. The number of anilines is 3. The highest BCUT2D eigenvalue weighted by Crippen LogP contribution is 2.28. The van der Waals surface area contributed by atoms with Crippen LogP contribution in [0.25, 0.3) is 0 Å². The Bertz CT molecular complexity index is 972. The molecule has 2 heterocycles. The second-order valence-corrected chi connectivity index (χ2v) is 6.71. The van der Waals surface area contributed by atoms with Crippen LogP contribution >= 0.6 is 0 Å². The number of piperazine rings is 1. The highest BCUT2D eigenvalue weighted by atomic mass is 16.5. The Labute approximate surface area is 170 Å². The van der Waals surface area contributed by atoms with Gasteiger partial charge in [0.05, 0.1) is 12.8 Å². The molecule has 3 aromatic rings. The first-order chi connectivity index (χ1) is 14.2. The van der Waals surface area contributed by atoms with E-state index in [1.807, 2.05) is 48.5 Å². The number of amides is 1. The highest BCUT2D eigenvalue weighted by Gasteiger charge is 2.22. The van der Waals surface area contributed by atoms with Gasteiger partial charge in [-0.2, -0.15) is 0 Å². The third-order valence-corrected chi connectivity index (χ3v) is 4.90. The summed E-state index contributed by atoms with van der Waals surface area (Å²) in [4.78, 5) is 25.8. The zero-order valence-corrected chi connectivity index (χ0v) is 16.3. The van der Waals surface area contributed by atoms with Crippen LogP contribution in [0.5, 0.6) is 5.75 Å². The lowest BCUT2D eigenvalue weighted by molar-refractivity contribution is 0.102. The first-order valence-electron chi connectivity index (χ1n) is 9.57. The number of hydrogen-bond acceptors (Lipinski definition) is 6. The molecule has 0 atom stereocenters. The van der Waals surface area contributed by atoms with Crippen LogP contribution < -0.4 is 19.9 Å². The predicted molar refractivity (Wildman–Crippen MR) is 114 cm³/mol. The lowest BCUT2D eigenvalue weighted by atomic mass is 10.2. The SMILES string of the molecule is COc1ccccc1N1CCN(c2nccc(C(=O)Nc3ccccc3)n2)CC1. The van der Waals surface area contributed by atoms with Crippen LogP contribution in [0.1, 0.15) is 10.5 Å². The van der Waals surface area contributed by atoms with Crippen LogP contribution in [0, 0.1) is 0 Å². The fourth-order valence-electron chi connectivity index (χ4n) is 3.38. The monoisotopic (exact) mass is 389 g/mol. The number of hydrogen-bond donors (Lipinski definition) is 1. The van der Waals surface area contributed by atoms with Gasteiger partial charge in [0.1, 0.15) is 11.4 Å². The Morgan fingerprint density at radius 3 is 2.38 bits per heavy atom. The molecule has 0 unspecified atom stereocenters. The van der Waals surface area contributed by atoms with Gasteiger partial charge in [0.2, 0.25) is 5.95 Å². The van der Waals surface area contributed by atoms with E-state index in [4.69, 9.17) is 4.74 Å². The number of benzene rings is 2. The summed E-state index contributed by atoms with van der Waals surface area (Å²) in [6.07, 6.45) is 1.63. The number of carbonyl (C=O) groups excluding carboxylic acids is 1. The van der Waals surface area contributed by atoms with Gasteiger partial charge in [0, 0.05) is 38.1 Å². The van der Waals surface area contributed by atoms with E-state index in [2.05, 4.69) is 31.2 Å². The van der Waals surface area contributed by atoms with E-state index >= 15 is 0 Å². The van der Waals surface area contributed by atoms with Gasteiger partial charge in [-0.15, -0.1) is 0 Å². The second-order valence-electron chi connectivity index (χ2n) is 6.71. The van der Waals surface area contributed by atoms with Crippen molar-refractivity contribution in [3.8, 4) is 5.75 Å². The Morgan fingerprint density at radius 2 is 1.62 bits per heavy atom. The number of ether oxygens (including phenoxy) is 1. The van der Waals surface area contributed by atoms with E-state index < -0.39 is 0 Å². The molecule has 0 saturated carbocycles. The van der Waals surface area contributed by atoms with E-state index in [0.717, 1.165) is 43.3 Å². The Morgan fingerprint density at radius 1 is 0.931 bits per heavy atom. The third kappa shape index (κ3) is 4.29. The number of carbonyl (C=O) groups is 1. The Kier molecular flexibility index (Phi) is 5.56. The molecule has 0 radical (unpaired) electrons. The zero-order valence-electron chi connectivity index (χ0n) is 16.3. The maximum Gasteiger partial charge on any atom is 0.274 e. The number of rotatable bonds is 5. The van der Waals surface area contributed by atoms with Gasteiger partial charge >= 0.3 is 0 Å². The molecule has 29 heavy (non-hydrogen) atoms. The minimum absolute atomic E-state index is 0.243. The molecule has 1 aromatic heterocycles. The summed E-state index contributed by atoms with van der Waals surface area (Å²) in [6.45, 7) is 3.18. The fourth-order valence-corrected chi connectivity index (χ4v) is 3.38. The highest BCUT2D eigenvalue weighted by molar-refractivity contribution is 6.02. The molecule has 1 fully saturated rings. The average Bonchev–Trinajstić information content (AvgIpc) is 2.80. The first kappa shape index (κ1) is 18.7. The maximum absolute atomic E-state index is 12.5. The average molecular weight is 389 g/mol. The van der Waals surface area contributed by atoms with E-state index in [-0.39, 0.29) is 5.91 Å². The van der Waals surface area contributed by atoms with Crippen molar-refractivity contribution in [3.05, 3.63) is 72.6 Å². The summed E-state index contributed by atoms with van der Waals surface area (Å²) >= 11 is 0. The van der Waals surface area contributed by atoms with Gasteiger partial charge in [-0.05, 0) is 30.3 Å². The van der Waals surface area contributed by atoms with Crippen LogP contribution in [0.15, 0.2) is 66.9 Å². The molecule has 1 N–H and O–H groups in total. The molecule has 1 saturated heterocycles. The van der Waals surface area contributed by atoms with Crippen LogP contribution in [-0.4, -0.2) is 49.2 Å². The summed E-state index contributed by atoms with van der Waals surface area (Å²) in [6, 6.07) is 19.0. The summed E-state index contributed by atoms with van der Waals surface area (Å²) < 4.78 is 5.48. The predicted octanol–water partition coefficient (Wildman–Crippen LogP) is 3.06. The molecule has 0 bridgehead atoms. The molecular formula is C22H23N5O2. The molecule has 0 spiro atoms. The summed E-state index contributed by atoms with van der Waals surface area (Å²) in [5, 5.41) is 2.86. The van der Waals surface area contributed by atoms with Gasteiger partial charge in [-0.1, -0.05) is 30.3 Å². The molecule has 1 amide bonds. The van der Waals surface area contributed by atoms with Crippen LogP contribution in [0.4, 0.5) is 17.3 Å². The van der Waals surface area contributed by atoms with Gasteiger partial charge < -0.3 is 19.9 Å². The van der Waals surface area contributed by atoms with Crippen molar-refractivity contribution in [1.29, 1.82) is 0 Å². The van der Waals surface area contributed by atoms with Crippen molar-refractivity contribution in [2.24, 2.45) is 0 Å². The number of para-hydroxylation sites is 3. The molecule has 7 nitrogen and oxygen atoms in total.